The maximum atomic E-state index is 13.3. The molecule has 5 rings (SSSR count). The van der Waals surface area contributed by atoms with Gasteiger partial charge in [0.15, 0.2) is 0 Å². The van der Waals surface area contributed by atoms with Crippen molar-refractivity contribution in [3.63, 3.8) is 0 Å². The van der Waals surface area contributed by atoms with E-state index in [1.165, 1.54) is 6.07 Å². The number of aromatic amines is 1. The number of fused-ring (bicyclic) bond motifs is 1. The summed E-state index contributed by atoms with van der Waals surface area (Å²) in [6.45, 7) is 4.51. The maximum absolute atomic E-state index is 13.3. The highest BCUT2D eigenvalue weighted by Crippen LogP contribution is 2.36. The van der Waals surface area contributed by atoms with Gasteiger partial charge in [0, 0.05) is 54.9 Å². The van der Waals surface area contributed by atoms with Gasteiger partial charge in [-0.05, 0) is 42.3 Å². The van der Waals surface area contributed by atoms with Crippen molar-refractivity contribution >= 4 is 16.9 Å². The Bertz CT molecular complexity index is 1280. The number of methoxy groups -OCH3 is 1. The fraction of sp³-hybridized carbons (Fsp3) is 0.444. The first-order valence-corrected chi connectivity index (χ1v) is 12.3. The summed E-state index contributed by atoms with van der Waals surface area (Å²) in [5, 5.41) is 10.7. The number of hydrogen-bond donors (Lipinski definition) is 2. The third-order valence-corrected chi connectivity index (χ3v) is 7.19. The van der Waals surface area contributed by atoms with Crippen LogP contribution in [0.1, 0.15) is 33.1 Å². The summed E-state index contributed by atoms with van der Waals surface area (Å²) in [6.07, 6.45) is -0.738. The number of carboxylic acids is 1. The second kappa shape index (κ2) is 10.6. The molecule has 2 aromatic carbocycles. The van der Waals surface area contributed by atoms with E-state index in [-0.39, 0.29) is 30.0 Å². The van der Waals surface area contributed by atoms with Gasteiger partial charge in [0.2, 0.25) is 0 Å². The first-order chi connectivity index (χ1) is 17.8. The first kappa shape index (κ1) is 25.4. The number of alkyl halides is 2. The van der Waals surface area contributed by atoms with Crippen molar-refractivity contribution in [1.82, 2.24) is 14.8 Å². The summed E-state index contributed by atoms with van der Waals surface area (Å²) < 4.78 is 43.4. The van der Waals surface area contributed by atoms with Crippen molar-refractivity contribution in [2.75, 3.05) is 46.5 Å². The van der Waals surface area contributed by atoms with E-state index < -0.39 is 12.4 Å². The molecule has 2 saturated heterocycles. The zero-order valence-corrected chi connectivity index (χ0v) is 20.9. The lowest BCUT2D eigenvalue weighted by Gasteiger charge is -2.42. The fourth-order valence-electron chi connectivity index (χ4n) is 5.21. The van der Waals surface area contributed by atoms with Crippen LogP contribution in [0.3, 0.4) is 0 Å². The molecule has 0 unspecified atom stereocenters. The van der Waals surface area contributed by atoms with Crippen LogP contribution in [0.15, 0.2) is 36.5 Å². The Labute approximate surface area is 213 Å². The number of nitrogens with zero attached hydrogens (tertiary/aromatic N) is 2. The molecular weight excluding hydrogens is 484 g/mol. The summed E-state index contributed by atoms with van der Waals surface area (Å²) in [5.74, 6) is -0.0420. The Balaban J connectivity index is 1.51. The molecule has 198 valence electrons. The molecule has 10 heteroatoms. The molecule has 2 aliphatic rings. The highest BCUT2D eigenvalue weighted by atomic mass is 19.3. The number of halogens is 2. The lowest BCUT2D eigenvalue weighted by atomic mass is 9.97. The maximum Gasteiger partial charge on any atom is 0.339 e. The van der Waals surface area contributed by atoms with Crippen molar-refractivity contribution in [2.45, 2.75) is 32.0 Å². The zero-order valence-electron chi connectivity index (χ0n) is 20.9. The topological polar surface area (TPSA) is 87.3 Å². The van der Waals surface area contributed by atoms with Crippen LogP contribution in [0.25, 0.3) is 10.9 Å². The molecule has 3 aromatic rings. The number of piperazine rings is 1. The number of aromatic nitrogens is 1. The van der Waals surface area contributed by atoms with Crippen LogP contribution < -0.4 is 9.47 Å². The number of H-pyrrole nitrogens is 1. The Morgan fingerprint density at radius 2 is 2.03 bits per heavy atom. The summed E-state index contributed by atoms with van der Waals surface area (Å²) >= 11 is 0. The lowest BCUT2D eigenvalue weighted by Crippen LogP contribution is -2.49. The van der Waals surface area contributed by atoms with E-state index in [1.807, 2.05) is 25.3 Å². The molecule has 2 N–H and O–H groups in total. The number of nitrogens with one attached hydrogen (secondary N) is 1. The average Bonchev–Trinajstić information content (AvgIpc) is 3.34. The summed E-state index contributed by atoms with van der Waals surface area (Å²) in [5.41, 5.74) is 4.01. The highest BCUT2D eigenvalue weighted by molar-refractivity contribution is 5.91. The highest BCUT2D eigenvalue weighted by Gasteiger charge is 2.32. The van der Waals surface area contributed by atoms with Gasteiger partial charge in [0.25, 0.3) is 6.43 Å². The number of ether oxygens (including phenoxy) is 3. The minimum Gasteiger partial charge on any atom is -0.496 e. The molecular formula is C27H31F2N3O5. The van der Waals surface area contributed by atoms with E-state index in [4.69, 9.17) is 14.2 Å². The first-order valence-electron chi connectivity index (χ1n) is 12.3. The van der Waals surface area contributed by atoms with Gasteiger partial charge >= 0.3 is 5.97 Å². The van der Waals surface area contributed by atoms with Gasteiger partial charge in [-0.3, -0.25) is 9.80 Å². The molecule has 0 saturated carbocycles. The van der Waals surface area contributed by atoms with Crippen molar-refractivity contribution < 1.29 is 32.9 Å². The molecule has 37 heavy (non-hydrogen) atoms. The van der Waals surface area contributed by atoms with E-state index >= 15 is 0 Å². The molecule has 8 nitrogen and oxygen atoms in total. The number of carbonyl (C=O) groups is 1. The molecule has 1 aromatic heterocycles. The van der Waals surface area contributed by atoms with Gasteiger partial charge in [0.1, 0.15) is 23.2 Å². The van der Waals surface area contributed by atoms with E-state index in [9.17, 15) is 18.7 Å². The molecule has 3 heterocycles. The van der Waals surface area contributed by atoms with E-state index in [0.29, 0.717) is 39.4 Å². The number of rotatable bonds is 9. The van der Waals surface area contributed by atoms with Crippen LogP contribution in [-0.4, -0.2) is 84.9 Å². The van der Waals surface area contributed by atoms with Crippen LogP contribution in [-0.2, 0) is 11.3 Å². The second-order valence-electron chi connectivity index (χ2n) is 9.62. The standard InChI is InChI=1S/C27H31F2N3O5/c1-16-9-23(35-2)21(19-5-6-30-26(16)19)11-32-8-7-31(13-25(28)29)12-22(32)17-3-4-20(27(33)34)24(10-17)37-18-14-36-15-18/h3-6,9-10,18,22,25,30H,7-8,11-15H2,1-2H3,(H,33,34)/t22-/m0/s1. The van der Waals surface area contributed by atoms with Gasteiger partial charge in [0.05, 0.1) is 26.9 Å². The predicted molar refractivity (Wildman–Crippen MR) is 134 cm³/mol. The van der Waals surface area contributed by atoms with E-state index in [1.54, 1.807) is 24.1 Å². The fourth-order valence-corrected chi connectivity index (χ4v) is 5.21. The third-order valence-electron chi connectivity index (χ3n) is 7.19. The molecule has 2 fully saturated rings. The summed E-state index contributed by atoms with van der Waals surface area (Å²) in [4.78, 5) is 19.1. The Kier molecular flexibility index (Phi) is 7.32. The minimum absolute atomic E-state index is 0.0664. The quantitative estimate of drug-likeness (QED) is 0.444. The van der Waals surface area contributed by atoms with Gasteiger partial charge in [-0.1, -0.05) is 6.07 Å². The van der Waals surface area contributed by atoms with Crippen molar-refractivity contribution in [2.24, 2.45) is 0 Å². The number of aryl methyl sites for hydroxylation is 1. The Morgan fingerprint density at radius 1 is 1.22 bits per heavy atom. The minimum atomic E-state index is -2.43. The predicted octanol–water partition coefficient (Wildman–Crippen LogP) is 4.08. The SMILES string of the molecule is COc1cc(C)c2[nH]ccc2c1CN1CCN(CC(F)F)C[C@H]1c1ccc(C(=O)O)c(OC2COC2)c1. The molecule has 1 atom stereocenters. The second-order valence-corrected chi connectivity index (χ2v) is 9.62. The summed E-state index contributed by atoms with van der Waals surface area (Å²) in [6, 6.07) is 8.81. The van der Waals surface area contributed by atoms with Gasteiger partial charge in [-0.25, -0.2) is 13.6 Å². The molecule has 0 aliphatic carbocycles. The van der Waals surface area contributed by atoms with E-state index in [0.717, 1.165) is 33.3 Å². The van der Waals surface area contributed by atoms with Crippen LogP contribution >= 0.6 is 0 Å². The Morgan fingerprint density at radius 3 is 2.70 bits per heavy atom. The van der Waals surface area contributed by atoms with Crippen LogP contribution in [0.2, 0.25) is 0 Å². The number of hydrogen-bond acceptors (Lipinski definition) is 6. The van der Waals surface area contributed by atoms with Gasteiger partial charge < -0.3 is 24.3 Å². The zero-order chi connectivity index (χ0) is 26.1. The molecule has 0 radical (unpaired) electrons. The van der Waals surface area contributed by atoms with Crippen LogP contribution in [0.5, 0.6) is 11.5 Å². The van der Waals surface area contributed by atoms with Crippen LogP contribution in [0, 0.1) is 6.92 Å². The van der Waals surface area contributed by atoms with Crippen molar-refractivity contribution in [1.29, 1.82) is 0 Å². The van der Waals surface area contributed by atoms with E-state index in [2.05, 4.69) is 9.88 Å². The lowest BCUT2D eigenvalue weighted by molar-refractivity contribution is -0.0800. The third kappa shape index (κ3) is 5.27. The summed E-state index contributed by atoms with van der Waals surface area (Å²) in [7, 11) is 1.65. The smallest absolute Gasteiger partial charge is 0.339 e. The molecule has 0 amide bonds. The average molecular weight is 516 g/mol. The van der Waals surface area contributed by atoms with Crippen molar-refractivity contribution in [3.05, 3.63) is 58.8 Å². The van der Waals surface area contributed by atoms with Gasteiger partial charge in [-0.15, -0.1) is 0 Å². The molecule has 2 aliphatic heterocycles. The van der Waals surface area contributed by atoms with Crippen LogP contribution in [0.4, 0.5) is 8.78 Å². The van der Waals surface area contributed by atoms with Gasteiger partial charge in [-0.2, -0.15) is 0 Å². The van der Waals surface area contributed by atoms with Crippen molar-refractivity contribution in [3.8, 4) is 11.5 Å². The monoisotopic (exact) mass is 515 g/mol. The molecule has 0 bridgehead atoms. The molecule has 0 spiro atoms. The number of benzene rings is 2. The number of carboxylic acid groups (broad SMARTS) is 1. The normalized spacial score (nSPS) is 19.3. The largest absolute Gasteiger partial charge is 0.496 e. The number of aromatic carboxylic acids is 1. The Hall–Kier alpha value is -3.21.